The Labute approximate surface area is 112 Å². The predicted molar refractivity (Wildman–Crippen MR) is 68.7 cm³/mol. The summed E-state index contributed by atoms with van der Waals surface area (Å²) in [6.45, 7) is 0. The molecule has 0 spiro atoms. The molecule has 4 N–H and O–H groups in total. The van der Waals surface area contributed by atoms with Crippen LogP contribution >= 0.6 is 11.6 Å². The van der Waals surface area contributed by atoms with E-state index in [1.807, 2.05) is 0 Å². The molecule has 98 valence electrons. The Balaban J connectivity index is 2.30. The minimum atomic E-state index is -0.702. The van der Waals surface area contributed by atoms with Gasteiger partial charge in [0.15, 0.2) is 0 Å². The van der Waals surface area contributed by atoms with E-state index in [4.69, 9.17) is 27.8 Å². The first-order chi connectivity index (χ1) is 8.97. The fourth-order valence-corrected chi connectivity index (χ4v) is 1.49. The monoisotopic (exact) mass is 281 g/mol. The number of carbonyl (C=O) groups excluding carboxylic acids is 1. The third-order valence-corrected chi connectivity index (χ3v) is 2.60. The lowest BCUT2D eigenvalue weighted by Crippen LogP contribution is -2.13. The van der Waals surface area contributed by atoms with Gasteiger partial charge in [0.05, 0.1) is 22.5 Å². The number of halogens is 2. The summed E-state index contributed by atoms with van der Waals surface area (Å²) < 4.78 is 18.5. The molecule has 2 aromatic rings. The summed E-state index contributed by atoms with van der Waals surface area (Å²) >= 11 is 5.55. The minimum Gasteiger partial charge on any atom is -0.439 e. The molecule has 7 heteroatoms. The molecule has 0 aliphatic carbocycles. The van der Waals surface area contributed by atoms with E-state index in [0.29, 0.717) is 0 Å². The molecule has 2 rings (SSSR count). The molecule has 0 aliphatic heterocycles. The summed E-state index contributed by atoms with van der Waals surface area (Å²) in [6.07, 6.45) is 1.24. The van der Waals surface area contributed by atoms with Crippen LogP contribution in [0.5, 0.6) is 11.6 Å². The number of nitrogens with two attached hydrogens (primary N) is 2. The molecule has 1 amide bonds. The summed E-state index contributed by atoms with van der Waals surface area (Å²) in [5.41, 5.74) is 10.9. The normalized spacial score (nSPS) is 10.2. The van der Waals surface area contributed by atoms with Crippen LogP contribution in [0.15, 0.2) is 30.5 Å². The zero-order valence-corrected chi connectivity index (χ0v) is 10.3. The summed E-state index contributed by atoms with van der Waals surface area (Å²) in [5, 5.41) is -0.0181. The van der Waals surface area contributed by atoms with Crippen molar-refractivity contribution in [1.82, 2.24) is 4.98 Å². The van der Waals surface area contributed by atoms with E-state index in [1.54, 1.807) is 0 Å². The number of hydrogen-bond acceptors (Lipinski definition) is 4. The number of anilines is 1. The molecule has 5 nitrogen and oxygen atoms in total. The Kier molecular flexibility index (Phi) is 3.52. The molecule has 0 radical (unpaired) electrons. The van der Waals surface area contributed by atoms with Crippen LogP contribution in [0.1, 0.15) is 10.4 Å². The van der Waals surface area contributed by atoms with Crippen LogP contribution < -0.4 is 16.2 Å². The Morgan fingerprint density at radius 3 is 2.74 bits per heavy atom. The van der Waals surface area contributed by atoms with Crippen LogP contribution in [0.25, 0.3) is 0 Å². The van der Waals surface area contributed by atoms with Crippen molar-refractivity contribution in [2.45, 2.75) is 0 Å². The molecule has 1 aromatic heterocycles. The highest BCUT2D eigenvalue weighted by molar-refractivity contribution is 6.30. The molecule has 1 aromatic carbocycles. The third kappa shape index (κ3) is 2.92. The van der Waals surface area contributed by atoms with Gasteiger partial charge in [0, 0.05) is 12.1 Å². The number of amides is 1. The van der Waals surface area contributed by atoms with E-state index in [2.05, 4.69) is 4.98 Å². The molecule has 0 saturated heterocycles. The third-order valence-electron chi connectivity index (χ3n) is 2.29. The molecule has 0 unspecified atom stereocenters. The van der Waals surface area contributed by atoms with Gasteiger partial charge >= 0.3 is 0 Å². The number of hydrogen-bond donors (Lipinski definition) is 2. The average molecular weight is 282 g/mol. The highest BCUT2D eigenvalue weighted by Gasteiger charge is 2.10. The van der Waals surface area contributed by atoms with Crippen LogP contribution in [0.3, 0.4) is 0 Å². The summed E-state index contributed by atoms with van der Waals surface area (Å²) in [7, 11) is 0. The molecule has 1 heterocycles. The number of aromatic nitrogens is 1. The number of pyridine rings is 1. The molecule has 0 bridgehead atoms. The van der Waals surface area contributed by atoms with E-state index in [0.717, 1.165) is 6.07 Å². The number of carbonyl (C=O) groups is 1. The fraction of sp³-hybridized carbons (Fsp3) is 0. The number of ether oxygens (including phenoxy) is 1. The van der Waals surface area contributed by atoms with Gasteiger partial charge in [-0.15, -0.1) is 0 Å². The molecular weight excluding hydrogens is 273 g/mol. The maximum atomic E-state index is 13.2. The zero-order valence-electron chi connectivity index (χ0n) is 9.56. The average Bonchev–Trinajstić information content (AvgIpc) is 2.36. The van der Waals surface area contributed by atoms with Crippen molar-refractivity contribution in [2.75, 3.05) is 5.73 Å². The molecule has 0 aliphatic rings. The Bertz CT molecular complexity index is 649. The van der Waals surface area contributed by atoms with E-state index < -0.39 is 11.7 Å². The van der Waals surface area contributed by atoms with Crippen molar-refractivity contribution in [3.8, 4) is 11.6 Å². The van der Waals surface area contributed by atoms with E-state index in [-0.39, 0.29) is 27.9 Å². The summed E-state index contributed by atoms with van der Waals surface area (Å²) in [6, 6.07) is 5.19. The fourth-order valence-electron chi connectivity index (χ4n) is 1.38. The van der Waals surface area contributed by atoms with Gasteiger partial charge in [-0.05, 0) is 12.1 Å². The van der Waals surface area contributed by atoms with E-state index >= 15 is 0 Å². The van der Waals surface area contributed by atoms with Crippen molar-refractivity contribution < 1.29 is 13.9 Å². The van der Waals surface area contributed by atoms with Gasteiger partial charge in [0.2, 0.25) is 5.88 Å². The first-order valence-corrected chi connectivity index (χ1v) is 5.53. The highest BCUT2D eigenvalue weighted by Crippen LogP contribution is 2.25. The van der Waals surface area contributed by atoms with Crippen molar-refractivity contribution in [1.29, 1.82) is 0 Å². The minimum absolute atomic E-state index is 0.0181. The first-order valence-electron chi connectivity index (χ1n) is 5.15. The van der Waals surface area contributed by atoms with Crippen molar-refractivity contribution in [2.24, 2.45) is 5.73 Å². The van der Waals surface area contributed by atoms with E-state index in [9.17, 15) is 9.18 Å². The Morgan fingerprint density at radius 2 is 2.11 bits per heavy atom. The SMILES string of the molecule is NC(=O)c1cc(Oc2ccc(Cl)c(F)c2)ncc1N. The number of nitrogen functional groups attached to an aromatic ring is 1. The van der Waals surface area contributed by atoms with Crippen molar-refractivity contribution in [3.05, 3.63) is 46.9 Å². The second kappa shape index (κ2) is 5.11. The molecule has 0 saturated carbocycles. The van der Waals surface area contributed by atoms with Crippen LogP contribution in [0.2, 0.25) is 5.02 Å². The topological polar surface area (TPSA) is 91.2 Å². The largest absolute Gasteiger partial charge is 0.439 e. The first kappa shape index (κ1) is 13.1. The van der Waals surface area contributed by atoms with Crippen LogP contribution in [0.4, 0.5) is 10.1 Å². The second-order valence-electron chi connectivity index (χ2n) is 3.65. The maximum absolute atomic E-state index is 13.2. The lowest BCUT2D eigenvalue weighted by atomic mass is 10.2. The van der Waals surface area contributed by atoms with Gasteiger partial charge in [-0.25, -0.2) is 9.37 Å². The maximum Gasteiger partial charge on any atom is 0.251 e. The zero-order chi connectivity index (χ0) is 14.0. The molecular formula is C12H9ClFN3O2. The number of primary amides is 1. The summed E-state index contributed by atoms with van der Waals surface area (Å²) in [5.74, 6) is -1.06. The number of nitrogens with zero attached hydrogens (tertiary/aromatic N) is 1. The van der Waals surface area contributed by atoms with Gasteiger partial charge in [-0.1, -0.05) is 11.6 Å². The quantitative estimate of drug-likeness (QED) is 0.903. The summed E-state index contributed by atoms with van der Waals surface area (Å²) in [4.78, 5) is 15.0. The smallest absolute Gasteiger partial charge is 0.251 e. The molecule has 0 fully saturated rings. The van der Waals surface area contributed by atoms with Crippen LogP contribution in [-0.4, -0.2) is 10.9 Å². The highest BCUT2D eigenvalue weighted by atomic mass is 35.5. The van der Waals surface area contributed by atoms with Crippen LogP contribution in [-0.2, 0) is 0 Å². The van der Waals surface area contributed by atoms with Gasteiger partial charge in [0.1, 0.15) is 11.6 Å². The van der Waals surface area contributed by atoms with Gasteiger partial charge < -0.3 is 16.2 Å². The second-order valence-corrected chi connectivity index (χ2v) is 4.06. The van der Waals surface area contributed by atoms with Gasteiger partial charge in [0.25, 0.3) is 5.91 Å². The van der Waals surface area contributed by atoms with Gasteiger partial charge in [-0.3, -0.25) is 4.79 Å². The molecule has 0 atom stereocenters. The van der Waals surface area contributed by atoms with Crippen molar-refractivity contribution in [3.63, 3.8) is 0 Å². The Morgan fingerprint density at radius 1 is 1.37 bits per heavy atom. The van der Waals surface area contributed by atoms with Crippen molar-refractivity contribution >= 4 is 23.2 Å². The standard InChI is InChI=1S/C12H9ClFN3O2/c13-8-2-1-6(3-9(8)14)19-11-4-7(12(16)18)10(15)5-17-11/h1-5H,15H2,(H2,16,18). The Hall–Kier alpha value is -2.34. The number of benzene rings is 1. The lowest BCUT2D eigenvalue weighted by Gasteiger charge is -2.07. The lowest BCUT2D eigenvalue weighted by molar-refractivity contribution is 0.100. The van der Waals surface area contributed by atoms with E-state index in [1.165, 1.54) is 24.4 Å². The molecule has 19 heavy (non-hydrogen) atoms. The van der Waals surface area contributed by atoms with Gasteiger partial charge in [-0.2, -0.15) is 0 Å². The van der Waals surface area contributed by atoms with Crippen LogP contribution in [0, 0.1) is 5.82 Å². The number of rotatable bonds is 3. The predicted octanol–water partition coefficient (Wildman–Crippen LogP) is 2.35.